The molecule has 2 aromatic heterocycles. The first-order valence-electron chi connectivity index (χ1n) is 7.23. The van der Waals surface area contributed by atoms with Crippen LogP contribution in [0.2, 0.25) is 0 Å². The van der Waals surface area contributed by atoms with Crippen molar-refractivity contribution in [3.05, 3.63) is 31.3 Å². The Hall–Kier alpha value is -1.73. The van der Waals surface area contributed by atoms with Crippen LogP contribution in [0.5, 0.6) is 0 Å². The zero-order chi connectivity index (χ0) is 16.0. The molecule has 0 bridgehead atoms. The highest BCUT2D eigenvalue weighted by atomic mass is 32.1. The van der Waals surface area contributed by atoms with Crippen LogP contribution in [-0.4, -0.2) is 29.1 Å². The van der Waals surface area contributed by atoms with Crippen LogP contribution >= 0.6 is 11.3 Å². The molecule has 22 heavy (non-hydrogen) atoms. The number of hydrogen-bond acceptors (Lipinski definition) is 5. The maximum absolute atomic E-state index is 12.8. The first kappa shape index (κ1) is 15.2. The standard InChI is InChI=1S/C15H18N2O4S/c1-8-6-10(8)17-13(19)12-9(2)11(7-18)22-14(12)16(15(17)20)4-5-21-3/h7-8,10H,4-6H2,1-3H3/t8-,10-/m0/s1. The molecule has 0 saturated heterocycles. The fourth-order valence-electron chi connectivity index (χ4n) is 2.83. The maximum Gasteiger partial charge on any atom is 0.332 e. The number of carbonyl (C=O) groups excluding carboxylic acids is 1. The molecular weight excluding hydrogens is 304 g/mol. The monoisotopic (exact) mass is 322 g/mol. The van der Waals surface area contributed by atoms with Crippen molar-refractivity contribution >= 4 is 27.8 Å². The van der Waals surface area contributed by atoms with E-state index in [9.17, 15) is 14.4 Å². The summed E-state index contributed by atoms with van der Waals surface area (Å²) in [4.78, 5) is 37.8. The number of ether oxygens (including phenoxy) is 1. The molecule has 2 heterocycles. The van der Waals surface area contributed by atoms with Crippen LogP contribution in [0.1, 0.15) is 34.6 Å². The summed E-state index contributed by atoms with van der Waals surface area (Å²) in [7, 11) is 1.57. The maximum atomic E-state index is 12.8. The fraction of sp³-hybridized carbons (Fsp3) is 0.533. The van der Waals surface area contributed by atoms with Crippen molar-refractivity contribution in [3.8, 4) is 0 Å². The van der Waals surface area contributed by atoms with Gasteiger partial charge in [-0.25, -0.2) is 4.79 Å². The molecule has 0 aromatic carbocycles. The van der Waals surface area contributed by atoms with E-state index in [0.29, 0.717) is 39.7 Å². The van der Waals surface area contributed by atoms with Gasteiger partial charge in [-0.1, -0.05) is 6.92 Å². The molecule has 0 unspecified atom stereocenters. The van der Waals surface area contributed by atoms with E-state index in [0.717, 1.165) is 12.7 Å². The molecule has 7 heteroatoms. The average molecular weight is 322 g/mol. The smallest absolute Gasteiger partial charge is 0.332 e. The van der Waals surface area contributed by atoms with Gasteiger partial charge in [0.15, 0.2) is 6.29 Å². The number of carbonyl (C=O) groups is 1. The molecule has 1 saturated carbocycles. The number of hydrogen-bond donors (Lipinski definition) is 0. The zero-order valence-corrected chi connectivity index (χ0v) is 13.6. The van der Waals surface area contributed by atoms with Gasteiger partial charge < -0.3 is 4.74 Å². The van der Waals surface area contributed by atoms with Crippen LogP contribution in [0.4, 0.5) is 0 Å². The third-order valence-corrected chi connectivity index (χ3v) is 5.54. The summed E-state index contributed by atoms with van der Waals surface area (Å²) < 4.78 is 7.99. The van der Waals surface area contributed by atoms with Gasteiger partial charge in [0.2, 0.25) is 0 Å². The highest BCUT2D eigenvalue weighted by Gasteiger charge is 2.38. The predicted molar refractivity (Wildman–Crippen MR) is 85.2 cm³/mol. The summed E-state index contributed by atoms with van der Waals surface area (Å²) >= 11 is 1.20. The lowest BCUT2D eigenvalue weighted by Crippen LogP contribution is -2.40. The first-order chi connectivity index (χ1) is 10.5. The second-order valence-electron chi connectivity index (χ2n) is 5.77. The molecular formula is C15H18N2O4S. The van der Waals surface area contributed by atoms with Gasteiger partial charge >= 0.3 is 5.69 Å². The number of thiophene rings is 1. The lowest BCUT2D eigenvalue weighted by atomic mass is 10.2. The van der Waals surface area contributed by atoms with Gasteiger partial charge in [-0.2, -0.15) is 0 Å². The zero-order valence-electron chi connectivity index (χ0n) is 12.8. The van der Waals surface area contributed by atoms with E-state index in [1.165, 1.54) is 15.9 Å². The Kier molecular flexibility index (Phi) is 3.78. The van der Waals surface area contributed by atoms with E-state index in [1.807, 2.05) is 6.92 Å². The fourth-order valence-corrected chi connectivity index (χ4v) is 3.96. The Morgan fingerprint density at radius 3 is 2.64 bits per heavy atom. The van der Waals surface area contributed by atoms with Gasteiger partial charge in [-0.15, -0.1) is 11.3 Å². The molecule has 118 valence electrons. The van der Waals surface area contributed by atoms with Crippen molar-refractivity contribution in [1.29, 1.82) is 0 Å². The van der Waals surface area contributed by atoms with E-state index in [-0.39, 0.29) is 17.3 Å². The molecule has 3 rings (SSSR count). The van der Waals surface area contributed by atoms with Crippen molar-refractivity contribution in [1.82, 2.24) is 9.13 Å². The Labute approximate surface area is 130 Å². The first-order valence-corrected chi connectivity index (χ1v) is 8.05. The van der Waals surface area contributed by atoms with E-state index >= 15 is 0 Å². The molecule has 0 spiro atoms. The largest absolute Gasteiger partial charge is 0.383 e. The predicted octanol–water partition coefficient (Wildman–Crippen LogP) is 1.57. The third kappa shape index (κ3) is 2.16. The Balaban J connectivity index is 2.37. The van der Waals surface area contributed by atoms with Gasteiger partial charge in [-0.3, -0.25) is 18.7 Å². The lowest BCUT2D eigenvalue weighted by molar-refractivity contribution is 0.112. The SMILES string of the molecule is COCCn1c(=O)n([C@H]2C[C@@H]2C)c(=O)c2c(C)c(C=O)sc21. The van der Waals surface area contributed by atoms with Crippen molar-refractivity contribution in [2.24, 2.45) is 5.92 Å². The van der Waals surface area contributed by atoms with Crippen LogP contribution in [0.3, 0.4) is 0 Å². The minimum atomic E-state index is -0.303. The van der Waals surface area contributed by atoms with Crippen LogP contribution < -0.4 is 11.2 Å². The highest BCUT2D eigenvalue weighted by Crippen LogP contribution is 2.41. The van der Waals surface area contributed by atoms with Crippen molar-refractivity contribution in [3.63, 3.8) is 0 Å². The van der Waals surface area contributed by atoms with Crippen LogP contribution in [0.25, 0.3) is 10.2 Å². The van der Waals surface area contributed by atoms with E-state index in [2.05, 4.69) is 0 Å². The third-order valence-electron chi connectivity index (χ3n) is 4.30. The van der Waals surface area contributed by atoms with Crippen molar-refractivity contribution in [2.45, 2.75) is 32.9 Å². The van der Waals surface area contributed by atoms with Gasteiger partial charge in [0, 0.05) is 13.2 Å². The molecule has 2 aromatic rings. The molecule has 1 aliphatic rings. The summed E-state index contributed by atoms with van der Waals surface area (Å²) in [5.41, 5.74) is 0.0840. The molecule has 0 amide bonds. The van der Waals surface area contributed by atoms with Gasteiger partial charge in [0.25, 0.3) is 5.56 Å². The van der Waals surface area contributed by atoms with Gasteiger partial charge in [0.1, 0.15) is 4.83 Å². The second-order valence-corrected chi connectivity index (χ2v) is 6.80. The normalized spacial score (nSPS) is 20.5. The van der Waals surface area contributed by atoms with Gasteiger partial charge in [-0.05, 0) is 24.8 Å². The number of fused-ring (bicyclic) bond motifs is 1. The minimum absolute atomic E-state index is 0.0304. The Bertz CT molecular complexity index is 861. The Morgan fingerprint density at radius 2 is 2.09 bits per heavy atom. The van der Waals surface area contributed by atoms with Crippen LogP contribution in [-0.2, 0) is 11.3 Å². The van der Waals surface area contributed by atoms with Gasteiger partial charge in [0.05, 0.1) is 23.4 Å². The lowest BCUT2D eigenvalue weighted by Gasteiger charge is -2.11. The van der Waals surface area contributed by atoms with Crippen molar-refractivity contribution < 1.29 is 9.53 Å². The summed E-state index contributed by atoms with van der Waals surface area (Å²) in [6, 6.07) is -0.0304. The molecule has 0 N–H and O–H groups in total. The molecule has 0 radical (unpaired) electrons. The molecule has 1 fully saturated rings. The number of methoxy groups -OCH3 is 1. The summed E-state index contributed by atoms with van der Waals surface area (Å²) in [6.45, 7) is 4.53. The number of nitrogens with zero attached hydrogens (tertiary/aromatic N) is 2. The van der Waals surface area contributed by atoms with Crippen LogP contribution in [0.15, 0.2) is 9.59 Å². The topological polar surface area (TPSA) is 70.3 Å². The summed E-state index contributed by atoms with van der Waals surface area (Å²) in [6.07, 6.45) is 1.59. The van der Waals surface area contributed by atoms with Crippen molar-refractivity contribution in [2.75, 3.05) is 13.7 Å². The highest BCUT2D eigenvalue weighted by molar-refractivity contribution is 7.20. The van der Waals surface area contributed by atoms with E-state index in [4.69, 9.17) is 4.74 Å². The second kappa shape index (κ2) is 5.48. The number of aryl methyl sites for hydroxylation is 1. The molecule has 0 aliphatic heterocycles. The van der Waals surface area contributed by atoms with E-state index < -0.39 is 0 Å². The average Bonchev–Trinajstić information content (AvgIpc) is 3.09. The number of aldehydes is 1. The molecule has 6 nitrogen and oxygen atoms in total. The molecule has 1 aliphatic carbocycles. The number of aromatic nitrogens is 2. The Morgan fingerprint density at radius 1 is 1.41 bits per heavy atom. The van der Waals surface area contributed by atoms with E-state index in [1.54, 1.807) is 18.6 Å². The summed E-state index contributed by atoms with van der Waals surface area (Å²) in [5.74, 6) is 0.336. The minimum Gasteiger partial charge on any atom is -0.383 e. The summed E-state index contributed by atoms with van der Waals surface area (Å²) in [5, 5.41) is 0.488. The number of rotatable bonds is 5. The quantitative estimate of drug-likeness (QED) is 0.784. The van der Waals surface area contributed by atoms with Crippen LogP contribution in [0, 0.1) is 12.8 Å². The molecule has 2 atom stereocenters.